The van der Waals surface area contributed by atoms with E-state index in [0.717, 1.165) is 6.42 Å². The normalized spacial score (nSPS) is 11.2. The van der Waals surface area contributed by atoms with Crippen molar-refractivity contribution in [3.8, 4) is 0 Å². The van der Waals surface area contributed by atoms with Crippen LogP contribution in [0.5, 0.6) is 0 Å². The zero-order chi connectivity index (χ0) is 9.23. The SMILES string of the molecule is CCCCC=CC=C[O][Ti](=[O])[OH]. The van der Waals surface area contributed by atoms with Gasteiger partial charge in [-0.25, -0.2) is 0 Å². The van der Waals surface area contributed by atoms with Crippen LogP contribution in [0.25, 0.3) is 0 Å². The van der Waals surface area contributed by atoms with Gasteiger partial charge >= 0.3 is 79.6 Å². The maximum atomic E-state index is 10.1. The van der Waals surface area contributed by atoms with Gasteiger partial charge in [-0.2, -0.15) is 0 Å². The third-order valence-corrected chi connectivity index (χ3v) is 1.75. The van der Waals surface area contributed by atoms with Crippen LogP contribution < -0.4 is 0 Å². The number of rotatable bonds is 6. The van der Waals surface area contributed by atoms with Gasteiger partial charge in [-0.3, -0.25) is 0 Å². The van der Waals surface area contributed by atoms with Crippen molar-refractivity contribution < 1.29 is 28.9 Å². The molecule has 0 spiro atoms. The van der Waals surface area contributed by atoms with Gasteiger partial charge in [0.25, 0.3) is 0 Å². The molecule has 0 aromatic carbocycles. The van der Waals surface area contributed by atoms with Crippen molar-refractivity contribution in [3.05, 3.63) is 24.5 Å². The fraction of sp³-hybridized carbons (Fsp3) is 0.500. The first-order valence-corrected chi connectivity index (χ1v) is 5.96. The molecule has 4 heteroatoms. The van der Waals surface area contributed by atoms with Crippen LogP contribution in [-0.4, -0.2) is 3.69 Å². The van der Waals surface area contributed by atoms with Gasteiger partial charge in [-0.1, -0.05) is 0 Å². The van der Waals surface area contributed by atoms with Crippen molar-refractivity contribution >= 4 is 0 Å². The van der Waals surface area contributed by atoms with Crippen LogP contribution in [0.4, 0.5) is 0 Å². The van der Waals surface area contributed by atoms with Crippen LogP contribution in [0, 0.1) is 0 Å². The molecule has 12 heavy (non-hydrogen) atoms. The van der Waals surface area contributed by atoms with Crippen LogP contribution >= 0.6 is 0 Å². The van der Waals surface area contributed by atoms with Crippen LogP contribution in [0.1, 0.15) is 26.2 Å². The van der Waals surface area contributed by atoms with E-state index in [1.165, 1.54) is 19.1 Å². The van der Waals surface area contributed by atoms with E-state index in [9.17, 15) is 3.32 Å². The zero-order valence-corrected chi connectivity index (χ0v) is 8.76. The van der Waals surface area contributed by atoms with Gasteiger partial charge in [0.15, 0.2) is 0 Å². The van der Waals surface area contributed by atoms with Crippen molar-refractivity contribution in [2.24, 2.45) is 0 Å². The zero-order valence-electron chi connectivity index (χ0n) is 7.19. The summed E-state index contributed by atoms with van der Waals surface area (Å²) in [5, 5.41) is 0. The molecule has 0 heterocycles. The molecular formula is C8H14O3Ti. The molecule has 0 amide bonds. The van der Waals surface area contributed by atoms with E-state index in [-0.39, 0.29) is 0 Å². The second-order valence-electron chi connectivity index (χ2n) is 2.28. The number of allylic oxidation sites excluding steroid dienone is 3. The molecule has 0 bridgehead atoms. The van der Waals surface area contributed by atoms with Crippen molar-refractivity contribution in [1.29, 1.82) is 0 Å². The van der Waals surface area contributed by atoms with E-state index >= 15 is 0 Å². The first-order chi connectivity index (χ1) is 5.77. The standard InChI is InChI=1S/C8H14O.H2O.O.Ti/c1-2-3-4-5-6-7-8-9;;;/h5-9H,2-4H2,1H3;1H2;;/q;;;+2/p-2. The molecule has 1 N–H and O–H groups in total. The van der Waals surface area contributed by atoms with Crippen molar-refractivity contribution in [1.82, 2.24) is 0 Å². The summed E-state index contributed by atoms with van der Waals surface area (Å²) in [4.78, 5) is 0. The summed E-state index contributed by atoms with van der Waals surface area (Å²) in [5.74, 6) is 0. The van der Waals surface area contributed by atoms with E-state index in [1.54, 1.807) is 6.08 Å². The van der Waals surface area contributed by atoms with E-state index in [1.807, 2.05) is 12.2 Å². The molecule has 0 unspecified atom stereocenters. The van der Waals surface area contributed by atoms with Crippen molar-refractivity contribution in [2.45, 2.75) is 26.2 Å². The molecule has 0 aliphatic carbocycles. The predicted molar refractivity (Wildman–Crippen MR) is 41.8 cm³/mol. The maximum absolute atomic E-state index is 10.1. The fourth-order valence-electron chi connectivity index (χ4n) is 0.640. The van der Waals surface area contributed by atoms with Gasteiger partial charge in [0.05, 0.1) is 0 Å². The van der Waals surface area contributed by atoms with Crippen LogP contribution in [0.15, 0.2) is 24.5 Å². The Balaban J connectivity index is 3.33. The van der Waals surface area contributed by atoms with E-state index in [4.69, 9.17) is 3.69 Å². The summed E-state index contributed by atoms with van der Waals surface area (Å²) in [6.45, 7) is 2.13. The van der Waals surface area contributed by atoms with E-state index < -0.39 is 18.6 Å². The number of hydrogen-bond acceptors (Lipinski definition) is 2. The van der Waals surface area contributed by atoms with Gasteiger partial charge < -0.3 is 0 Å². The predicted octanol–water partition coefficient (Wildman–Crippen LogP) is 2.05. The quantitative estimate of drug-likeness (QED) is 0.313. The monoisotopic (exact) mass is 206 g/mol. The van der Waals surface area contributed by atoms with Crippen molar-refractivity contribution in [3.63, 3.8) is 0 Å². The molecule has 0 rings (SSSR count). The van der Waals surface area contributed by atoms with E-state index in [2.05, 4.69) is 10.2 Å². The van der Waals surface area contributed by atoms with Crippen LogP contribution in [0.3, 0.4) is 0 Å². The van der Waals surface area contributed by atoms with Gasteiger partial charge in [0.1, 0.15) is 0 Å². The van der Waals surface area contributed by atoms with Gasteiger partial charge in [-0.05, 0) is 0 Å². The molecule has 0 aliphatic rings. The molecule has 3 nitrogen and oxygen atoms in total. The Morgan fingerprint density at radius 2 is 2.25 bits per heavy atom. The Morgan fingerprint density at radius 3 is 2.83 bits per heavy atom. The number of hydrogen-bond donors (Lipinski definition) is 1. The Bertz CT molecular complexity index is 175. The van der Waals surface area contributed by atoms with Crippen LogP contribution in [-0.2, 0) is 25.3 Å². The fourth-order valence-corrected chi connectivity index (χ4v) is 0.944. The minimum absolute atomic E-state index is 1.04. The molecule has 0 radical (unpaired) electrons. The van der Waals surface area contributed by atoms with Crippen LogP contribution in [0.2, 0.25) is 0 Å². The Labute approximate surface area is 79.8 Å². The minimum atomic E-state index is -3.33. The second-order valence-corrected chi connectivity index (χ2v) is 3.48. The summed E-state index contributed by atoms with van der Waals surface area (Å²) in [6, 6.07) is 0. The molecular weight excluding hydrogens is 192 g/mol. The molecule has 0 atom stereocenters. The first kappa shape index (κ1) is 11.8. The third-order valence-electron chi connectivity index (χ3n) is 1.22. The third kappa shape index (κ3) is 9.75. The summed E-state index contributed by atoms with van der Waals surface area (Å²) < 4.78 is 22.8. The van der Waals surface area contributed by atoms with Crippen molar-refractivity contribution in [2.75, 3.05) is 0 Å². The molecule has 0 saturated heterocycles. The molecule has 0 aromatic heterocycles. The Hall–Kier alpha value is -0.246. The van der Waals surface area contributed by atoms with Gasteiger partial charge in [0.2, 0.25) is 0 Å². The van der Waals surface area contributed by atoms with Gasteiger partial charge in [0, 0.05) is 0 Å². The Kier molecular flexibility index (Phi) is 8.67. The Morgan fingerprint density at radius 1 is 1.50 bits per heavy atom. The first-order valence-electron chi connectivity index (χ1n) is 3.98. The summed E-state index contributed by atoms with van der Waals surface area (Å²) >= 11 is -3.33. The molecule has 0 saturated carbocycles. The summed E-state index contributed by atoms with van der Waals surface area (Å²) in [6.07, 6.45) is 10.1. The van der Waals surface area contributed by atoms with E-state index in [0.29, 0.717) is 0 Å². The molecule has 68 valence electrons. The second kappa shape index (κ2) is 8.85. The van der Waals surface area contributed by atoms with Gasteiger partial charge in [-0.15, -0.1) is 0 Å². The number of unbranched alkanes of at least 4 members (excludes halogenated alkanes) is 2. The average Bonchev–Trinajstić information content (AvgIpc) is 2.02. The molecule has 0 aliphatic heterocycles. The molecule has 0 aromatic rings. The molecule has 0 fully saturated rings. The topological polar surface area (TPSA) is 46.5 Å². The summed E-state index contributed by atoms with van der Waals surface area (Å²) in [5.41, 5.74) is 0. The average molecular weight is 206 g/mol. The summed E-state index contributed by atoms with van der Waals surface area (Å²) in [7, 11) is 0.